The zero-order valence-corrected chi connectivity index (χ0v) is 16.4. The fraction of sp³-hybridized carbons (Fsp3) is 0.438. The van der Waals surface area contributed by atoms with Crippen molar-refractivity contribution in [1.29, 1.82) is 0 Å². The Morgan fingerprint density at radius 2 is 1.96 bits per heavy atom. The fourth-order valence-corrected chi connectivity index (χ4v) is 3.20. The molecule has 0 bridgehead atoms. The summed E-state index contributed by atoms with van der Waals surface area (Å²) >= 11 is 5.84. The third-order valence-electron chi connectivity index (χ3n) is 4.69. The van der Waals surface area contributed by atoms with Crippen molar-refractivity contribution < 1.29 is 0 Å². The minimum atomic E-state index is -0.145. The molecule has 1 saturated heterocycles. The van der Waals surface area contributed by atoms with Crippen LogP contribution in [0.4, 0.5) is 11.8 Å². The highest BCUT2D eigenvalue weighted by molar-refractivity contribution is 6.29. The van der Waals surface area contributed by atoms with E-state index in [1.54, 1.807) is 16.9 Å². The molecule has 4 rings (SSSR count). The number of anilines is 2. The van der Waals surface area contributed by atoms with Gasteiger partial charge in [0, 0.05) is 24.8 Å². The Balaban J connectivity index is 0.00000210. The first-order chi connectivity index (χ1) is 12.4. The van der Waals surface area contributed by atoms with E-state index in [4.69, 9.17) is 23.1 Å². The minimum absolute atomic E-state index is 0. The fourth-order valence-electron chi connectivity index (χ4n) is 3.09. The minimum Gasteiger partial charge on any atom is -0.368 e. The summed E-state index contributed by atoms with van der Waals surface area (Å²) in [5.74, 6) is 0.912. The monoisotopic (exact) mass is 409 g/mol. The van der Waals surface area contributed by atoms with Crippen LogP contribution in [0.2, 0.25) is 5.15 Å². The maximum absolute atomic E-state index is 6.23. The van der Waals surface area contributed by atoms with Crippen molar-refractivity contribution in [1.82, 2.24) is 29.9 Å². The smallest absolute Gasteiger partial charge is 0.224 e. The summed E-state index contributed by atoms with van der Waals surface area (Å²) in [5.41, 5.74) is 14.2. The lowest BCUT2D eigenvalue weighted by Crippen LogP contribution is -2.48. The van der Waals surface area contributed by atoms with E-state index in [0.717, 1.165) is 31.5 Å². The van der Waals surface area contributed by atoms with Gasteiger partial charge in [0.2, 0.25) is 5.95 Å². The number of aromatic nitrogens is 6. The lowest BCUT2D eigenvalue weighted by molar-refractivity contribution is 0.363. The number of pyridine rings is 1. The Morgan fingerprint density at radius 3 is 2.63 bits per heavy atom. The molecule has 0 aromatic carbocycles. The molecule has 27 heavy (non-hydrogen) atoms. The Morgan fingerprint density at radius 1 is 1.22 bits per heavy atom. The van der Waals surface area contributed by atoms with Crippen LogP contribution in [0.15, 0.2) is 18.3 Å². The van der Waals surface area contributed by atoms with Crippen molar-refractivity contribution in [3.63, 3.8) is 0 Å². The summed E-state index contributed by atoms with van der Waals surface area (Å²) in [5, 5.41) is 8.98. The van der Waals surface area contributed by atoms with Crippen LogP contribution in [0.5, 0.6) is 0 Å². The molecule has 1 fully saturated rings. The molecule has 4 N–H and O–H groups in total. The van der Waals surface area contributed by atoms with Gasteiger partial charge < -0.3 is 16.4 Å². The largest absolute Gasteiger partial charge is 0.368 e. The number of piperidine rings is 1. The summed E-state index contributed by atoms with van der Waals surface area (Å²) in [6, 6.07) is 3.63. The molecule has 0 saturated carbocycles. The van der Waals surface area contributed by atoms with E-state index in [-0.39, 0.29) is 23.9 Å². The van der Waals surface area contributed by atoms with E-state index in [0.29, 0.717) is 28.7 Å². The molecular formula is C16H21Cl2N9. The maximum atomic E-state index is 6.23. The first-order valence-corrected chi connectivity index (χ1v) is 8.80. The zero-order valence-electron chi connectivity index (χ0n) is 14.8. The van der Waals surface area contributed by atoms with Gasteiger partial charge in [0.05, 0.1) is 6.54 Å². The van der Waals surface area contributed by atoms with Crippen molar-refractivity contribution in [2.45, 2.75) is 31.8 Å². The van der Waals surface area contributed by atoms with Crippen LogP contribution in [0.3, 0.4) is 0 Å². The van der Waals surface area contributed by atoms with Gasteiger partial charge in [-0.2, -0.15) is 9.97 Å². The summed E-state index contributed by atoms with van der Waals surface area (Å²) in [7, 11) is 0. The molecule has 3 aromatic rings. The molecule has 0 unspecified atom stereocenters. The Kier molecular flexibility index (Phi) is 5.36. The van der Waals surface area contributed by atoms with Crippen LogP contribution >= 0.6 is 24.0 Å². The number of nitrogens with zero attached hydrogens (tertiary/aromatic N) is 7. The van der Waals surface area contributed by atoms with E-state index < -0.39 is 0 Å². The molecule has 0 atom stereocenters. The van der Waals surface area contributed by atoms with Crippen molar-refractivity contribution in [3.8, 4) is 0 Å². The Labute approximate surface area is 167 Å². The summed E-state index contributed by atoms with van der Waals surface area (Å²) in [4.78, 5) is 15.0. The molecule has 0 spiro atoms. The van der Waals surface area contributed by atoms with Crippen LogP contribution < -0.4 is 16.4 Å². The summed E-state index contributed by atoms with van der Waals surface area (Å²) in [6.07, 6.45) is 3.46. The van der Waals surface area contributed by atoms with Gasteiger partial charge in [-0.3, -0.25) is 0 Å². The Hall–Kier alpha value is -2.23. The second-order valence-electron chi connectivity index (χ2n) is 6.95. The van der Waals surface area contributed by atoms with E-state index in [1.165, 1.54) is 0 Å². The molecule has 1 aliphatic rings. The van der Waals surface area contributed by atoms with Gasteiger partial charge in [0.25, 0.3) is 0 Å². The van der Waals surface area contributed by atoms with Gasteiger partial charge in [-0.05, 0) is 31.4 Å². The van der Waals surface area contributed by atoms with Crippen LogP contribution in [-0.2, 0) is 6.54 Å². The molecular weight excluding hydrogens is 389 g/mol. The maximum Gasteiger partial charge on any atom is 0.224 e. The van der Waals surface area contributed by atoms with Crippen LogP contribution in [0, 0.1) is 0 Å². The van der Waals surface area contributed by atoms with Crippen LogP contribution in [-0.4, -0.2) is 48.6 Å². The highest BCUT2D eigenvalue weighted by Crippen LogP contribution is 2.28. The third-order valence-corrected chi connectivity index (χ3v) is 4.91. The topological polar surface area (TPSA) is 125 Å². The highest BCUT2D eigenvalue weighted by Gasteiger charge is 2.28. The van der Waals surface area contributed by atoms with Crippen molar-refractivity contribution in [3.05, 3.63) is 29.0 Å². The first kappa shape index (κ1) is 19.5. The third kappa shape index (κ3) is 4.05. The van der Waals surface area contributed by atoms with Crippen molar-refractivity contribution in [2.75, 3.05) is 23.7 Å². The van der Waals surface area contributed by atoms with Crippen molar-refractivity contribution in [2.24, 2.45) is 5.73 Å². The average molecular weight is 410 g/mol. The number of hydrogen-bond acceptors (Lipinski definition) is 8. The summed E-state index contributed by atoms with van der Waals surface area (Å²) < 4.78 is 1.69. The molecule has 0 amide bonds. The highest BCUT2D eigenvalue weighted by atomic mass is 35.5. The zero-order chi connectivity index (χ0) is 18.3. The van der Waals surface area contributed by atoms with E-state index in [1.807, 2.05) is 6.07 Å². The van der Waals surface area contributed by atoms with E-state index in [2.05, 4.69) is 37.1 Å². The van der Waals surface area contributed by atoms with E-state index in [9.17, 15) is 0 Å². The van der Waals surface area contributed by atoms with Gasteiger partial charge in [-0.15, -0.1) is 17.5 Å². The molecule has 3 aromatic heterocycles. The molecule has 1 aliphatic heterocycles. The summed E-state index contributed by atoms with van der Waals surface area (Å²) in [6.45, 7) is 4.14. The molecule has 9 nitrogen and oxygen atoms in total. The molecule has 144 valence electrons. The van der Waals surface area contributed by atoms with Gasteiger partial charge in [0.15, 0.2) is 17.0 Å². The number of hydrogen-bond donors (Lipinski definition) is 2. The number of rotatable bonds is 3. The second kappa shape index (κ2) is 7.41. The first-order valence-electron chi connectivity index (χ1n) is 8.42. The standard InChI is InChI=1S/C16H20ClN9.ClH/c1-16(19)4-6-25(7-5-16)13-12-14(22-15(18)21-13)26(24-23-12)9-10-2-3-11(17)20-8-10;/h2-3,8H,4-7,9,19H2,1H3,(H2,18,21,22);1H. The van der Waals surface area contributed by atoms with Crippen molar-refractivity contribution >= 4 is 46.9 Å². The molecule has 11 heteroatoms. The SMILES string of the molecule is CC1(N)CCN(c2nc(N)nc3c2nnn3Cc2ccc(Cl)nc2)CC1.Cl. The molecule has 0 radical (unpaired) electrons. The average Bonchev–Trinajstić information content (AvgIpc) is 2.99. The predicted octanol–water partition coefficient (Wildman–Crippen LogP) is 1.64. The van der Waals surface area contributed by atoms with Gasteiger partial charge >= 0.3 is 0 Å². The normalized spacial score (nSPS) is 16.3. The van der Waals surface area contributed by atoms with E-state index >= 15 is 0 Å². The number of nitrogen functional groups attached to an aromatic ring is 1. The molecule has 4 heterocycles. The lowest BCUT2D eigenvalue weighted by atomic mass is 9.91. The number of nitrogens with two attached hydrogens (primary N) is 2. The second-order valence-corrected chi connectivity index (χ2v) is 7.34. The lowest BCUT2D eigenvalue weighted by Gasteiger charge is -2.37. The van der Waals surface area contributed by atoms with Gasteiger partial charge in [-0.1, -0.05) is 22.9 Å². The van der Waals surface area contributed by atoms with Gasteiger partial charge in [-0.25, -0.2) is 9.67 Å². The van der Waals surface area contributed by atoms with Crippen LogP contribution in [0.25, 0.3) is 11.2 Å². The number of fused-ring (bicyclic) bond motifs is 1. The van der Waals surface area contributed by atoms with Crippen LogP contribution in [0.1, 0.15) is 25.3 Å². The van der Waals surface area contributed by atoms with Gasteiger partial charge in [0.1, 0.15) is 5.15 Å². The Bertz CT molecular complexity index is 929. The number of halogens is 2. The molecule has 0 aliphatic carbocycles. The predicted molar refractivity (Wildman–Crippen MR) is 107 cm³/mol. The quantitative estimate of drug-likeness (QED) is 0.625.